The Morgan fingerprint density at radius 1 is 0.947 bits per heavy atom. The van der Waals surface area contributed by atoms with E-state index in [1.165, 1.54) is 70.6 Å². The van der Waals surface area contributed by atoms with E-state index in [-0.39, 0.29) is 0 Å². The molecular weight excluding hydrogens is 234 g/mol. The quantitative estimate of drug-likeness (QED) is 0.779. The average Bonchev–Trinajstić information content (AvgIpc) is 2.81. The van der Waals surface area contributed by atoms with Crippen LogP contribution >= 0.6 is 0 Å². The first-order valence-corrected chi connectivity index (χ1v) is 8.55. The maximum atomic E-state index is 12.4. The smallest absolute Gasteiger partial charge is 0.137 e. The van der Waals surface area contributed by atoms with E-state index in [0.29, 0.717) is 23.2 Å². The highest BCUT2D eigenvalue weighted by atomic mass is 16.1. The van der Waals surface area contributed by atoms with Gasteiger partial charge in [-0.05, 0) is 50.5 Å². The normalized spacial score (nSPS) is 36.1. The van der Waals surface area contributed by atoms with Gasteiger partial charge in [0.1, 0.15) is 5.78 Å². The summed E-state index contributed by atoms with van der Waals surface area (Å²) in [5.41, 5.74) is 0.558. The Hall–Kier alpha value is -0.370. The zero-order chi connectivity index (χ0) is 13.1. The van der Waals surface area contributed by atoms with Crippen molar-refractivity contribution in [2.24, 2.45) is 11.3 Å². The predicted octanol–water partition coefficient (Wildman–Crippen LogP) is 3.84. The lowest BCUT2D eigenvalue weighted by Gasteiger charge is -2.41. The Balaban J connectivity index is 1.67. The summed E-state index contributed by atoms with van der Waals surface area (Å²) >= 11 is 0. The minimum Gasteiger partial charge on any atom is -0.313 e. The molecule has 3 aliphatic rings. The summed E-state index contributed by atoms with van der Waals surface area (Å²) in [6, 6.07) is 0.491. The fourth-order valence-corrected chi connectivity index (χ4v) is 4.78. The maximum absolute atomic E-state index is 12.4. The van der Waals surface area contributed by atoms with Gasteiger partial charge in [0.15, 0.2) is 0 Å². The summed E-state index contributed by atoms with van der Waals surface area (Å²) < 4.78 is 0. The van der Waals surface area contributed by atoms with Crippen molar-refractivity contribution in [2.45, 2.75) is 83.1 Å². The van der Waals surface area contributed by atoms with Gasteiger partial charge in [-0.2, -0.15) is 0 Å². The van der Waals surface area contributed by atoms with Crippen molar-refractivity contribution >= 4 is 5.78 Å². The van der Waals surface area contributed by atoms with Gasteiger partial charge in [-0.3, -0.25) is 4.79 Å². The molecule has 2 saturated carbocycles. The molecule has 2 atom stereocenters. The highest BCUT2D eigenvalue weighted by Crippen LogP contribution is 2.50. The van der Waals surface area contributed by atoms with Gasteiger partial charge in [0, 0.05) is 18.4 Å². The van der Waals surface area contributed by atoms with E-state index >= 15 is 0 Å². The van der Waals surface area contributed by atoms with Crippen LogP contribution in [0.4, 0.5) is 0 Å². The summed E-state index contributed by atoms with van der Waals surface area (Å²) in [6.45, 7) is 1.13. The third kappa shape index (κ3) is 3.04. The Kier molecular flexibility index (Phi) is 4.26. The number of carbonyl (C=O) groups excluding carboxylic acids is 1. The van der Waals surface area contributed by atoms with Crippen LogP contribution in [0.3, 0.4) is 0 Å². The minimum atomic E-state index is 0.338. The summed E-state index contributed by atoms with van der Waals surface area (Å²) in [7, 11) is 0. The lowest BCUT2D eigenvalue weighted by atomic mass is 9.65. The van der Waals surface area contributed by atoms with Gasteiger partial charge in [-0.1, -0.05) is 32.1 Å². The van der Waals surface area contributed by atoms with E-state index in [1.54, 1.807) is 0 Å². The van der Waals surface area contributed by atoms with Crippen molar-refractivity contribution in [1.82, 2.24) is 5.32 Å². The molecule has 3 rings (SSSR count). The van der Waals surface area contributed by atoms with E-state index < -0.39 is 0 Å². The molecule has 0 aromatic heterocycles. The van der Waals surface area contributed by atoms with Gasteiger partial charge in [-0.25, -0.2) is 0 Å². The molecule has 1 N–H and O–H groups in total. The standard InChI is InChI=1S/C17H29NO/c19-16-8-11-17(9-4-5-10-17)13-14(16)15-7-3-1-2-6-12-18-15/h14-15,18H,1-13H2. The topological polar surface area (TPSA) is 29.1 Å². The number of hydrogen-bond donors (Lipinski definition) is 1. The van der Waals surface area contributed by atoms with Crippen LogP contribution in [0.5, 0.6) is 0 Å². The molecule has 0 aromatic rings. The van der Waals surface area contributed by atoms with Crippen LogP contribution in [-0.2, 0) is 4.79 Å². The van der Waals surface area contributed by atoms with E-state index in [4.69, 9.17) is 0 Å². The van der Waals surface area contributed by atoms with Gasteiger partial charge in [0.25, 0.3) is 0 Å². The molecule has 2 nitrogen and oxygen atoms in total. The second kappa shape index (κ2) is 5.95. The molecule has 1 saturated heterocycles. The molecule has 0 bridgehead atoms. The summed E-state index contributed by atoms with van der Waals surface area (Å²) in [5.74, 6) is 0.903. The molecule has 19 heavy (non-hydrogen) atoms. The van der Waals surface area contributed by atoms with Crippen LogP contribution in [0.1, 0.15) is 77.0 Å². The molecule has 2 unspecified atom stereocenters. The first kappa shape index (κ1) is 13.6. The van der Waals surface area contributed by atoms with Crippen molar-refractivity contribution < 1.29 is 4.79 Å². The largest absolute Gasteiger partial charge is 0.313 e. The molecule has 0 aromatic carbocycles. The van der Waals surface area contributed by atoms with Gasteiger partial charge in [0.05, 0.1) is 0 Å². The predicted molar refractivity (Wildman–Crippen MR) is 78.1 cm³/mol. The Labute approximate surface area is 117 Å². The molecule has 1 aliphatic heterocycles. The van der Waals surface area contributed by atoms with Gasteiger partial charge >= 0.3 is 0 Å². The number of Topliss-reactive ketones (excluding diaryl/α,β-unsaturated/α-hetero) is 1. The molecule has 3 fully saturated rings. The average molecular weight is 263 g/mol. The van der Waals surface area contributed by atoms with E-state index in [2.05, 4.69) is 5.32 Å². The highest BCUT2D eigenvalue weighted by molar-refractivity contribution is 5.82. The fourth-order valence-electron chi connectivity index (χ4n) is 4.78. The Morgan fingerprint density at radius 3 is 2.58 bits per heavy atom. The lowest BCUT2D eigenvalue weighted by Crippen LogP contribution is -2.46. The van der Waals surface area contributed by atoms with Crippen LogP contribution in [-0.4, -0.2) is 18.4 Å². The SMILES string of the molecule is O=C1CCC2(CCCC2)CC1C1CCCCCCN1. The van der Waals surface area contributed by atoms with Crippen LogP contribution in [0.25, 0.3) is 0 Å². The third-order valence-corrected chi connectivity index (χ3v) is 5.97. The number of nitrogens with one attached hydrogen (secondary N) is 1. The van der Waals surface area contributed by atoms with E-state index in [1.807, 2.05) is 0 Å². The van der Waals surface area contributed by atoms with Gasteiger partial charge in [-0.15, -0.1) is 0 Å². The molecular formula is C17H29NO. The van der Waals surface area contributed by atoms with Crippen LogP contribution in [0.15, 0.2) is 0 Å². The zero-order valence-corrected chi connectivity index (χ0v) is 12.3. The highest BCUT2D eigenvalue weighted by Gasteiger charge is 2.44. The number of hydrogen-bond acceptors (Lipinski definition) is 2. The van der Waals surface area contributed by atoms with Crippen molar-refractivity contribution in [2.75, 3.05) is 6.54 Å². The fraction of sp³-hybridized carbons (Fsp3) is 0.941. The van der Waals surface area contributed by atoms with Crippen LogP contribution < -0.4 is 5.32 Å². The van der Waals surface area contributed by atoms with E-state index in [9.17, 15) is 4.79 Å². The summed E-state index contributed by atoms with van der Waals surface area (Å²) in [4.78, 5) is 12.4. The van der Waals surface area contributed by atoms with E-state index in [0.717, 1.165) is 13.0 Å². The summed E-state index contributed by atoms with van der Waals surface area (Å²) in [6.07, 6.45) is 15.4. The first-order valence-electron chi connectivity index (χ1n) is 8.55. The zero-order valence-electron chi connectivity index (χ0n) is 12.3. The number of ketones is 1. The number of rotatable bonds is 1. The molecule has 1 spiro atoms. The molecule has 108 valence electrons. The second-order valence-corrected chi connectivity index (χ2v) is 7.25. The molecule has 0 amide bonds. The third-order valence-electron chi connectivity index (χ3n) is 5.97. The number of carbonyl (C=O) groups is 1. The molecule has 1 heterocycles. The Morgan fingerprint density at radius 2 is 1.74 bits per heavy atom. The van der Waals surface area contributed by atoms with Gasteiger partial charge < -0.3 is 5.32 Å². The lowest BCUT2D eigenvalue weighted by molar-refractivity contribution is -0.128. The maximum Gasteiger partial charge on any atom is 0.137 e. The minimum absolute atomic E-state index is 0.338. The molecule has 0 radical (unpaired) electrons. The van der Waals surface area contributed by atoms with Crippen molar-refractivity contribution in [3.8, 4) is 0 Å². The first-order chi connectivity index (χ1) is 9.29. The second-order valence-electron chi connectivity index (χ2n) is 7.25. The van der Waals surface area contributed by atoms with Gasteiger partial charge in [0.2, 0.25) is 0 Å². The molecule has 2 heteroatoms. The monoisotopic (exact) mass is 263 g/mol. The van der Waals surface area contributed by atoms with Crippen LogP contribution in [0.2, 0.25) is 0 Å². The van der Waals surface area contributed by atoms with Crippen molar-refractivity contribution in [3.05, 3.63) is 0 Å². The molecule has 2 aliphatic carbocycles. The summed E-state index contributed by atoms with van der Waals surface area (Å²) in [5, 5.41) is 3.71. The van der Waals surface area contributed by atoms with Crippen molar-refractivity contribution in [3.63, 3.8) is 0 Å². The van der Waals surface area contributed by atoms with Crippen molar-refractivity contribution in [1.29, 1.82) is 0 Å². The van der Waals surface area contributed by atoms with Crippen LogP contribution in [0, 0.1) is 11.3 Å². The Bertz CT molecular complexity index is 311.